The number of aromatic nitrogens is 2. The second-order valence-corrected chi connectivity index (χ2v) is 7.12. The van der Waals surface area contributed by atoms with Crippen molar-refractivity contribution in [1.29, 1.82) is 0 Å². The minimum atomic E-state index is 0.279. The van der Waals surface area contributed by atoms with E-state index in [9.17, 15) is 0 Å². The molecule has 0 saturated heterocycles. The van der Waals surface area contributed by atoms with Crippen LogP contribution in [0.5, 0.6) is 0 Å². The number of halogens is 1. The largest absolute Gasteiger partial charge is 0.309 e. The lowest BCUT2D eigenvalue weighted by atomic mass is 10.00. The molecule has 0 saturated carbocycles. The van der Waals surface area contributed by atoms with Gasteiger partial charge in [0.2, 0.25) is 0 Å². The Balaban J connectivity index is 2.26. The second-order valence-electron chi connectivity index (χ2n) is 5.48. The van der Waals surface area contributed by atoms with Gasteiger partial charge in [0, 0.05) is 10.5 Å². The Labute approximate surface area is 139 Å². The van der Waals surface area contributed by atoms with Gasteiger partial charge in [-0.05, 0) is 48.5 Å². The van der Waals surface area contributed by atoms with Crippen LogP contribution in [-0.2, 0) is 6.42 Å². The molecule has 0 aliphatic carbocycles. The van der Waals surface area contributed by atoms with E-state index in [0.717, 1.165) is 29.6 Å². The third-order valence-electron chi connectivity index (χ3n) is 3.43. The summed E-state index contributed by atoms with van der Waals surface area (Å²) in [6, 6.07) is 8.69. The van der Waals surface area contributed by atoms with E-state index >= 15 is 0 Å². The molecule has 1 heterocycles. The smallest absolute Gasteiger partial charge is 0.0829 e. The summed E-state index contributed by atoms with van der Waals surface area (Å²) >= 11 is 5.17. The molecule has 2 rings (SSSR count). The average molecular weight is 368 g/mol. The maximum Gasteiger partial charge on any atom is 0.0829 e. The zero-order valence-corrected chi connectivity index (χ0v) is 15.2. The monoisotopic (exact) mass is 367 g/mol. The summed E-state index contributed by atoms with van der Waals surface area (Å²) in [5.41, 5.74) is 2.44. The van der Waals surface area contributed by atoms with Crippen molar-refractivity contribution in [3.05, 3.63) is 44.9 Å². The summed E-state index contributed by atoms with van der Waals surface area (Å²) in [6.07, 6.45) is 2.07. The van der Waals surface area contributed by atoms with Crippen molar-refractivity contribution in [1.82, 2.24) is 14.9 Å². The maximum absolute atomic E-state index is 4.33. The van der Waals surface area contributed by atoms with Gasteiger partial charge in [0.15, 0.2) is 0 Å². The van der Waals surface area contributed by atoms with E-state index < -0.39 is 0 Å². The fourth-order valence-electron chi connectivity index (χ4n) is 2.31. The van der Waals surface area contributed by atoms with Crippen molar-refractivity contribution in [3.63, 3.8) is 0 Å². The number of nitrogens with one attached hydrogen (secondary N) is 1. The SMILES string of the molecule is CCCNC(Cc1ccccc1Br)c1snnc1C(C)C. The first kappa shape index (κ1) is 16.6. The van der Waals surface area contributed by atoms with Crippen molar-refractivity contribution in [2.75, 3.05) is 6.54 Å². The van der Waals surface area contributed by atoms with Crippen molar-refractivity contribution >= 4 is 27.5 Å². The lowest BCUT2D eigenvalue weighted by molar-refractivity contribution is 0.528. The summed E-state index contributed by atoms with van der Waals surface area (Å²) in [4.78, 5) is 1.27. The van der Waals surface area contributed by atoms with Crippen LogP contribution in [0.4, 0.5) is 0 Å². The van der Waals surface area contributed by atoms with Gasteiger partial charge in [0.25, 0.3) is 0 Å². The highest BCUT2D eigenvalue weighted by Gasteiger charge is 2.21. The minimum absolute atomic E-state index is 0.279. The molecule has 0 aliphatic heterocycles. The third-order valence-corrected chi connectivity index (χ3v) is 5.05. The zero-order valence-electron chi connectivity index (χ0n) is 12.8. The molecule has 0 spiro atoms. The molecule has 1 aromatic carbocycles. The van der Waals surface area contributed by atoms with Gasteiger partial charge < -0.3 is 5.32 Å². The Morgan fingerprint density at radius 1 is 1.29 bits per heavy atom. The second kappa shape index (κ2) is 8.01. The molecule has 0 fully saturated rings. The first-order valence-electron chi connectivity index (χ1n) is 7.42. The highest BCUT2D eigenvalue weighted by molar-refractivity contribution is 9.10. The van der Waals surface area contributed by atoms with Crippen LogP contribution >= 0.6 is 27.5 Å². The summed E-state index contributed by atoms with van der Waals surface area (Å²) in [6.45, 7) is 7.55. The summed E-state index contributed by atoms with van der Waals surface area (Å²) in [5.74, 6) is 0.406. The van der Waals surface area contributed by atoms with Crippen molar-refractivity contribution in [2.45, 2.75) is 45.6 Å². The van der Waals surface area contributed by atoms with Crippen LogP contribution in [0.3, 0.4) is 0 Å². The van der Waals surface area contributed by atoms with Crippen molar-refractivity contribution in [2.24, 2.45) is 0 Å². The third kappa shape index (κ3) is 4.34. The Hall–Kier alpha value is -0.780. The number of benzene rings is 1. The highest BCUT2D eigenvalue weighted by Crippen LogP contribution is 2.30. The number of hydrogen-bond acceptors (Lipinski definition) is 4. The fraction of sp³-hybridized carbons (Fsp3) is 0.500. The van der Waals surface area contributed by atoms with Crippen LogP contribution < -0.4 is 5.32 Å². The zero-order chi connectivity index (χ0) is 15.2. The molecular weight excluding hydrogens is 346 g/mol. The molecule has 0 aliphatic rings. The first-order valence-corrected chi connectivity index (χ1v) is 8.99. The van der Waals surface area contributed by atoms with Gasteiger partial charge in [0.05, 0.1) is 10.6 Å². The van der Waals surface area contributed by atoms with Gasteiger partial charge in [-0.15, -0.1) is 5.10 Å². The number of hydrogen-bond donors (Lipinski definition) is 1. The fourth-order valence-corrected chi connectivity index (χ4v) is 3.63. The van der Waals surface area contributed by atoms with Crippen LogP contribution in [0.15, 0.2) is 28.7 Å². The van der Waals surface area contributed by atoms with Crippen LogP contribution in [0.25, 0.3) is 0 Å². The molecule has 1 atom stereocenters. The summed E-state index contributed by atoms with van der Waals surface area (Å²) < 4.78 is 5.34. The molecule has 0 bridgehead atoms. The minimum Gasteiger partial charge on any atom is -0.309 e. The van der Waals surface area contributed by atoms with Crippen LogP contribution in [-0.4, -0.2) is 16.1 Å². The normalized spacial score (nSPS) is 12.8. The van der Waals surface area contributed by atoms with E-state index in [1.165, 1.54) is 22.0 Å². The van der Waals surface area contributed by atoms with Crippen molar-refractivity contribution in [3.8, 4) is 0 Å². The Bertz CT molecular complexity index is 568. The lowest BCUT2D eigenvalue weighted by Gasteiger charge is -2.19. The van der Waals surface area contributed by atoms with Gasteiger partial charge >= 0.3 is 0 Å². The van der Waals surface area contributed by atoms with Gasteiger partial charge in [-0.2, -0.15) is 0 Å². The Morgan fingerprint density at radius 2 is 2.05 bits per heavy atom. The molecule has 0 amide bonds. The van der Waals surface area contributed by atoms with E-state index in [0.29, 0.717) is 5.92 Å². The molecule has 1 N–H and O–H groups in total. The molecule has 1 unspecified atom stereocenters. The quantitative estimate of drug-likeness (QED) is 0.769. The van der Waals surface area contributed by atoms with E-state index in [2.05, 4.69) is 75.9 Å². The average Bonchev–Trinajstić information content (AvgIpc) is 2.95. The van der Waals surface area contributed by atoms with E-state index in [-0.39, 0.29) is 6.04 Å². The first-order chi connectivity index (χ1) is 10.1. The molecule has 5 heteroatoms. The number of rotatable bonds is 7. The molecule has 0 radical (unpaired) electrons. The lowest BCUT2D eigenvalue weighted by Crippen LogP contribution is -2.24. The van der Waals surface area contributed by atoms with E-state index in [4.69, 9.17) is 0 Å². The van der Waals surface area contributed by atoms with Crippen molar-refractivity contribution < 1.29 is 0 Å². The van der Waals surface area contributed by atoms with Crippen LogP contribution in [0, 0.1) is 0 Å². The predicted molar refractivity (Wildman–Crippen MR) is 92.9 cm³/mol. The maximum atomic E-state index is 4.33. The van der Waals surface area contributed by atoms with E-state index in [1.807, 2.05) is 0 Å². The number of nitrogens with zero attached hydrogens (tertiary/aromatic N) is 2. The molecular formula is C16H22BrN3S. The standard InChI is InChI=1S/C16H22BrN3S/c1-4-9-18-14(10-12-7-5-6-8-13(12)17)16-15(11(2)3)19-20-21-16/h5-8,11,14,18H,4,9-10H2,1-3H3. The summed E-state index contributed by atoms with van der Waals surface area (Å²) in [5, 5.41) is 7.98. The van der Waals surface area contributed by atoms with Gasteiger partial charge in [-0.25, -0.2) is 0 Å². The van der Waals surface area contributed by atoms with Gasteiger partial charge in [-0.3, -0.25) is 0 Å². The Kier molecular flexibility index (Phi) is 6.33. The van der Waals surface area contributed by atoms with E-state index in [1.54, 1.807) is 0 Å². The molecule has 3 nitrogen and oxygen atoms in total. The highest BCUT2D eigenvalue weighted by atomic mass is 79.9. The van der Waals surface area contributed by atoms with Crippen LogP contribution in [0.1, 0.15) is 55.3 Å². The predicted octanol–water partition coefficient (Wildman–Crippen LogP) is 4.71. The summed E-state index contributed by atoms with van der Waals surface area (Å²) in [7, 11) is 0. The van der Waals surface area contributed by atoms with Gasteiger partial charge in [-0.1, -0.05) is 59.4 Å². The van der Waals surface area contributed by atoms with Crippen LogP contribution in [0.2, 0.25) is 0 Å². The topological polar surface area (TPSA) is 37.8 Å². The molecule has 21 heavy (non-hydrogen) atoms. The van der Waals surface area contributed by atoms with Gasteiger partial charge in [0.1, 0.15) is 0 Å². The Morgan fingerprint density at radius 3 is 2.71 bits per heavy atom. The molecule has 114 valence electrons. The molecule has 2 aromatic rings. The molecule has 1 aromatic heterocycles.